The van der Waals surface area contributed by atoms with E-state index in [1.807, 2.05) is 30.0 Å². The number of benzene rings is 1. The van der Waals surface area contributed by atoms with Crippen molar-refractivity contribution >= 4 is 5.91 Å². The lowest BCUT2D eigenvalue weighted by atomic mass is 10.0. The molecule has 0 aromatic heterocycles. The Labute approximate surface area is 109 Å². The van der Waals surface area contributed by atoms with Crippen LogP contribution in [-0.4, -0.2) is 30.5 Å². The number of carbonyl (C=O) groups is 1. The highest BCUT2D eigenvalue weighted by molar-refractivity contribution is 5.97. The molecule has 1 saturated heterocycles. The third kappa shape index (κ3) is 2.50. The summed E-state index contributed by atoms with van der Waals surface area (Å²) >= 11 is 0. The van der Waals surface area contributed by atoms with Crippen LogP contribution in [0.5, 0.6) is 5.75 Å². The standard InChI is InChI=1S/C15H21NO2/c1-11-7-8-14(18-3)13(10-11)15(17)16-9-5-4-6-12(16)2/h7-8,10,12H,4-6,9H2,1-3H3/t12-/m0/s1. The molecular weight excluding hydrogens is 226 g/mol. The summed E-state index contributed by atoms with van der Waals surface area (Å²) in [5.41, 5.74) is 1.77. The van der Waals surface area contributed by atoms with Crippen LogP contribution in [0.25, 0.3) is 0 Å². The van der Waals surface area contributed by atoms with E-state index in [1.54, 1.807) is 7.11 Å². The highest BCUT2D eigenvalue weighted by atomic mass is 16.5. The molecule has 1 aromatic rings. The van der Waals surface area contributed by atoms with Gasteiger partial charge in [0.1, 0.15) is 5.75 Å². The number of likely N-dealkylation sites (tertiary alicyclic amines) is 1. The first-order chi connectivity index (χ1) is 8.63. The van der Waals surface area contributed by atoms with Crippen LogP contribution in [-0.2, 0) is 0 Å². The average Bonchev–Trinajstić information content (AvgIpc) is 2.38. The topological polar surface area (TPSA) is 29.5 Å². The Kier molecular flexibility index (Phi) is 3.90. The molecule has 0 saturated carbocycles. The van der Waals surface area contributed by atoms with Gasteiger partial charge in [-0.05, 0) is 45.2 Å². The molecule has 1 fully saturated rings. The van der Waals surface area contributed by atoms with E-state index in [2.05, 4.69) is 6.92 Å². The summed E-state index contributed by atoms with van der Waals surface area (Å²) in [5.74, 6) is 0.770. The quantitative estimate of drug-likeness (QED) is 0.804. The fourth-order valence-corrected chi connectivity index (χ4v) is 2.54. The van der Waals surface area contributed by atoms with Gasteiger partial charge in [-0.25, -0.2) is 0 Å². The van der Waals surface area contributed by atoms with E-state index in [1.165, 1.54) is 6.42 Å². The number of aryl methyl sites for hydroxylation is 1. The van der Waals surface area contributed by atoms with Crippen LogP contribution in [0, 0.1) is 6.92 Å². The van der Waals surface area contributed by atoms with Crippen LogP contribution in [0.2, 0.25) is 0 Å². The minimum Gasteiger partial charge on any atom is -0.496 e. The van der Waals surface area contributed by atoms with Gasteiger partial charge in [0.05, 0.1) is 12.7 Å². The zero-order valence-electron chi connectivity index (χ0n) is 11.4. The molecular formula is C15H21NO2. The molecule has 0 N–H and O–H groups in total. The molecule has 0 unspecified atom stereocenters. The molecule has 0 aliphatic carbocycles. The minimum absolute atomic E-state index is 0.0998. The number of methoxy groups -OCH3 is 1. The van der Waals surface area contributed by atoms with Crippen LogP contribution in [0.4, 0.5) is 0 Å². The molecule has 98 valence electrons. The fourth-order valence-electron chi connectivity index (χ4n) is 2.54. The zero-order valence-corrected chi connectivity index (χ0v) is 11.4. The molecule has 1 aromatic carbocycles. The summed E-state index contributed by atoms with van der Waals surface area (Å²) in [7, 11) is 1.61. The molecule has 2 rings (SSSR count). The van der Waals surface area contributed by atoms with Gasteiger partial charge in [-0.1, -0.05) is 11.6 Å². The first kappa shape index (κ1) is 12.9. The maximum Gasteiger partial charge on any atom is 0.257 e. The van der Waals surface area contributed by atoms with Gasteiger partial charge in [0.15, 0.2) is 0 Å². The maximum atomic E-state index is 12.6. The number of amides is 1. The number of hydrogen-bond acceptors (Lipinski definition) is 2. The first-order valence-corrected chi connectivity index (χ1v) is 6.59. The van der Waals surface area contributed by atoms with Gasteiger partial charge in [-0.15, -0.1) is 0 Å². The molecule has 3 heteroatoms. The molecule has 1 amide bonds. The van der Waals surface area contributed by atoms with Crippen molar-refractivity contribution in [3.8, 4) is 5.75 Å². The molecule has 1 heterocycles. The van der Waals surface area contributed by atoms with Crippen molar-refractivity contribution in [2.75, 3.05) is 13.7 Å². The molecule has 0 radical (unpaired) electrons. The van der Waals surface area contributed by atoms with Gasteiger partial charge in [0.2, 0.25) is 0 Å². The molecule has 0 bridgehead atoms. The van der Waals surface area contributed by atoms with Crippen molar-refractivity contribution in [1.29, 1.82) is 0 Å². The number of ether oxygens (including phenoxy) is 1. The monoisotopic (exact) mass is 247 g/mol. The minimum atomic E-state index is 0.0998. The van der Waals surface area contributed by atoms with Crippen molar-refractivity contribution in [3.05, 3.63) is 29.3 Å². The molecule has 18 heavy (non-hydrogen) atoms. The second kappa shape index (κ2) is 5.42. The van der Waals surface area contributed by atoms with Crippen molar-refractivity contribution in [1.82, 2.24) is 4.90 Å². The summed E-state index contributed by atoms with van der Waals surface area (Å²) in [6.07, 6.45) is 3.42. The van der Waals surface area contributed by atoms with Crippen molar-refractivity contribution in [2.45, 2.75) is 39.2 Å². The molecule has 0 spiro atoms. The van der Waals surface area contributed by atoms with E-state index in [0.29, 0.717) is 17.4 Å². The Morgan fingerprint density at radius 1 is 1.39 bits per heavy atom. The summed E-state index contributed by atoms with van der Waals surface area (Å²) in [5, 5.41) is 0. The van der Waals surface area contributed by atoms with Gasteiger partial charge in [-0.2, -0.15) is 0 Å². The predicted octanol–water partition coefficient (Wildman–Crippen LogP) is 3.02. The highest BCUT2D eigenvalue weighted by Gasteiger charge is 2.26. The Morgan fingerprint density at radius 3 is 2.83 bits per heavy atom. The van der Waals surface area contributed by atoms with Gasteiger partial charge < -0.3 is 9.64 Å². The van der Waals surface area contributed by atoms with E-state index in [-0.39, 0.29) is 5.91 Å². The zero-order chi connectivity index (χ0) is 13.1. The summed E-state index contributed by atoms with van der Waals surface area (Å²) < 4.78 is 5.30. The number of nitrogens with zero attached hydrogens (tertiary/aromatic N) is 1. The number of hydrogen-bond donors (Lipinski definition) is 0. The lowest BCUT2D eigenvalue weighted by Gasteiger charge is -2.33. The van der Waals surface area contributed by atoms with Crippen LogP contribution in [0.3, 0.4) is 0 Å². The second-order valence-electron chi connectivity index (χ2n) is 5.05. The number of carbonyl (C=O) groups excluding carboxylic acids is 1. The summed E-state index contributed by atoms with van der Waals surface area (Å²) in [6, 6.07) is 6.09. The number of piperidine rings is 1. The Hall–Kier alpha value is -1.51. The lowest BCUT2D eigenvalue weighted by molar-refractivity contribution is 0.0632. The number of rotatable bonds is 2. The van der Waals surface area contributed by atoms with Crippen LogP contribution in [0.15, 0.2) is 18.2 Å². The van der Waals surface area contributed by atoms with Crippen molar-refractivity contribution in [2.24, 2.45) is 0 Å². The van der Waals surface area contributed by atoms with Crippen molar-refractivity contribution < 1.29 is 9.53 Å². The molecule has 3 nitrogen and oxygen atoms in total. The van der Waals surface area contributed by atoms with Gasteiger partial charge in [-0.3, -0.25) is 4.79 Å². The largest absolute Gasteiger partial charge is 0.496 e. The third-order valence-electron chi connectivity index (χ3n) is 3.65. The maximum absolute atomic E-state index is 12.6. The van der Waals surface area contributed by atoms with Gasteiger partial charge >= 0.3 is 0 Å². The smallest absolute Gasteiger partial charge is 0.257 e. The van der Waals surface area contributed by atoms with Gasteiger partial charge in [0, 0.05) is 12.6 Å². The normalized spacial score (nSPS) is 19.7. The van der Waals surface area contributed by atoms with E-state index >= 15 is 0 Å². The molecule has 1 aliphatic rings. The average molecular weight is 247 g/mol. The van der Waals surface area contributed by atoms with Gasteiger partial charge in [0.25, 0.3) is 5.91 Å². The first-order valence-electron chi connectivity index (χ1n) is 6.59. The second-order valence-corrected chi connectivity index (χ2v) is 5.05. The van der Waals surface area contributed by atoms with Crippen LogP contribution in [0.1, 0.15) is 42.1 Å². The van der Waals surface area contributed by atoms with E-state index in [0.717, 1.165) is 24.9 Å². The van der Waals surface area contributed by atoms with E-state index in [9.17, 15) is 4.79 Å². The summed E-state index contributed by atoms with van der Waals surface area (Å²) in [6.45, 7) is 4.98. The Balaban J connectivity index is 2.29. The van der Waals surface area contributed by atoms with Crippen LogP contribution >= 0.6 is 0 Å². The SMILES string of the molecule is COc1ccc(C)cc1C(=O)N1CCCC[C@@H]1C. The molecule has 1 aliphatic heterocycles. The van der Waals surface area contributed by atoms with E-state index < -0.39 is 0 Å². The summed E-state index contributed by atoms with van der Waals surface area (Å²) in [4.78, 5) is 14.6. The third-order valence-corrected chi connectivity index (χ3v) is 3.65. The lowest BCUT2D eigenvalue weighted by Crippen LogP contribution is -2.42. The van der Waals surface area contributed by atoms with E-state index in [4.69, 9.17) is 4.74 Å². The Bertz CT molecular complexity index is 442. The van der Waals surface area contributed by atoms with Crippen LogP contribution < -0.4 is 4.74 Å². The fraction of sp³-hybridized carbons (Fsp3) is 0.533. The highest BCUT2D eigenvalue weighted by Crippen LogP contribution is 2.25. The molecule has 1 atom stereocenters. The Morgan fingerprint density at radius 2 is 2.17 bits per heavy atom. The van der Waals surface area contributed by atoms with Crippen molar-refractivity contribution in [3.63, 3.8) is 0 Å². The predicted molar refractivity (Wildman–Crippen MR) is 72.1 cm³/mol.